The maximum Gasteiger partial charge on any atom is 0.308 e. The van der Waals surface area contributed by atoms with Crippen LogP contribution in [-0.2, 0) is 9.59 Å². The molecule has 0 saturated heterocycles. The highest BCUT2D eigenvalue weighted by atomic mass is 16.4. The number of allylic oxidation sites excluding steroid dienone is 2. The molecule has 28 heavy (non-hydrogen) atoms. The van der Waals surface area contributed by atoms with Gasteiger partial charge >= 0.3 is 5.97 Å². The van der Waals surface area contributed by atoms with Crippen LogP contribution in [0.5, 0.6) is 0 Å². The summed E-state index contributed by atoms with van der Waals surface area (Å²) in [5.74, 6) is -3.36. The molecular weight excluding hydrogens is 350 g/mol. The van der Waals surface area contributed by atoms with Crippen molar-refractivity contribution in [1.29, 1.82) is 0 Å². The van der Waals surface area contributed by atoms with Gasteiger partial charge in [-0.25, -0.2) is 0 Å². The number of carbonyl (C=O) groups is 2. The molecule has 0 saturated carbocycles. The Labute approximate surface area is 166 Å². The van der Waals surface area contributed by atoms with Gasteiger partial charge in [-0.1, -0.05) is 72.8 Å². The van der Waals surface area contributed by atoms with Crippen molar-refractivity contribution in [3.05, 3.63) is 83.9 Å². The molecule has 1 aliphatic carbocycles. The molecule has 4 atom stereocenters. The van der Waals surface area contributed by atoms with Gasteiger partial charge < -0.3 is 10.4 Å². The average Bonchev–Trinajstić information content (AvgIpc) is 2.66. The Hall–Kier alpha value is -2.88. The second kappa shape index (κ2) is 8.01. The molecule has 4 nitrogen and oxygen atoms in total. The van der Waals surface area contributed by atoms with Crippen LogP contribution in [0.25, 0.3) is 0 Å². The van der Waals surface area contributed by atoms with E-state index in [-0.39, 0.29) is 17.7 Å². The van der Waals surface area contributed by atoms with E-state index in [1.165, 1.54) is 0 Å². The van der Waals surface area contributed by atoms with Crippen LogP contribution in [-0.4, -0.2) is 22.5 Å². The molecule has 4 unspecified atom stereocenters. The van der Waals surface area contributed by atoms with Gasteiger partial charge in [0.1, 0.15) is 0 Å². The van der Waals surface area contributed by atoms with E-state index in [4.69, 9.17) is 0 Å². The zero-order chi connectivity index (χ0) is 20.3. The number of amides is 1. The number of hydrogen-bond acceptors (Lipinski definition) is 2. The maximum atomic E-state index is 13.3. The van der Waals surface area contributed by atoms with Gasteiger partial charge in [-0.3, -0.25) is 9.59 Å². The molecule has 0 aromatic heterocycles. The highest BCUT2D eigenvalue weighted by Crippen LogP contribution is 2.44. The SMILES string of the molecule is CC(C)(C)NC(=O)C1C(c2ccccc2)C=CC(c2ccccc2)C1C(=O)O. The van der Waals surface area contributed by atoms with Crippen LogP contribution < -0.4 is 5.32 Å². The lowest BCUT2D eigenvalue weighted by atomic mass is 9.66. The number of hydrogen-bond donors (Lipinski definition) is 2. The molecule has 1 aliphatic rings. The summed E-state index contributed by atoms with van der Waals surface area (Å²) in [7, 11) is 0. The van der Waals surface area contributed by atoms with E-state index in [1.807, 2.05) is 93.6 Å². The van der Waals surface area contributed by atoms with Crippen molar-refractivity contribution in [2.24, 2.45) is 11.8 Å². The van der Waals surface area contributed by atoms with E-state index in [9.17, 15) is 14.7 Å². The molecule has 0 radical (unpaired) electrons. The zero-order valence-corrected chi connectivity index (χ0v) is 16.5. The van der Waals surface area contributed by atoms with E-state index >= 15 is 0 Å². The molecule has 1 amide bonds. The first-order valence-electron chi connectivity index (χ1n) is 9.61. The molecule has 3 rings (SSSR count). The first-order chi connectivity index (χ1) is 13.3. The minimum Gasteiger partial charge on any atom is -0.481 e. The number of carbonyl (C=O) groups excluding carboxylic acids is 1. The third-order valence-electron chi connectivity index (χ3n) is 5.14. The fraction of sp³-hybridized carbons (Fsp3) is 0.333. The van der Waals surface area contributed by atoms with Gasteiger partial charge in [0.15, 0.2) is 0 Å². The van der Waals surface area contributed by atoms with Crippen molar-refractivity contribution in [3.63, 3.8) is 0 Å². The lowest BCUT2D eigenvalue weighted by Crippen LogP contribution is -2.50. The largest absolute Gasteiger partial charge is 0.481 e. The summed E-state index contributed by atoms with van der Waals surface area (Å²) < 4.78 is 0. The first kappa shape index (κ1) is 19.9. The van der Waals surface area contributed by atoms with Crippen molar-refractivity contribution in [3.8, 4) is 0 Å². The van der Waals surface area contributed by atoms with E-state index < -0.39 is 23.3 Å². The number of carboxylic acid groups (broad SMARTS) is 1. The Morgan fingerprint density at radius 3 is 1.61 bits per heavy atom. The summed E-state index contributed by atoms with van der Waals surface area (Å²) in [6.45, 7) is 5.72. The van der Waals surface area contributed by atoms with Crippen molar-refractivity contribution >= 4 is 11.9 Å². The van der Waals surface area contributed by atoms with E-state index in [0.29, 0.717) is 0 Å². The van der Waals surface area contributed by atoms with Crippen LogP contribution in [0.2, 0.25) is 0 Å². The molecular formula is C24H27NO3. The Morgan fingerprint density at radius 2 is 1.21 bits per heavy atom. The monoisotopic (exact) mass is 377 g/mol. The second-order valence-electron chi connectivity index (χ2n) is 8.39. The van der Waals surface area contributed by atoms with Crippen LogP contribution in [0, 0.1) is 11.8 Å². The smallest absolute Gasteiger partial charge is 0.308 e. The van der Waals surface area contributed by atoms with Gasteiger partial charge in [-0.2, -0.15) is 0 Å². The summed E-state index contributed by atoms with van der Waals surface area (Å²) in [4.78, 5) is 25.7. The summed E-state index contributed by atoms with van der Waals surface area (Å²) in [5.41, 5.74) is 1.42. The first-order valence-corrected chi connectivity index (χ1v) is 9.61. The third-order valence-corrected chi connectivity index (χ3v) is 5.14. The molecule has 2 aromatic carbocycles. The highest BCUT2D eigenvalue weighted by Gasteiger charge is 2.46. The predicted molar refractivity (Wildman–Crippen MR) is 110 cm³/mol. The molecule has 0 spiro atoms. The maximum absolute atomic E-state index is 13.3. The average molecular weight is 377 g/mol. The lowest BCUT2D eigenvalue weighted by molar-refractivity contribution is -0.149. The Morgan fingerprint density at radius 1 is 0.786 bits per heavy atom. The number of aliphatic carboxylic acids is 1. The summed E-state index contributed by atoms with van der Waals surface area (Å²) in [6, 6.07) is 19.2. The zero-order valence-electron chi connectivity index (χ0n) is 16.5. The standard InChI is InChI=1S/C24H27NO3/c1-24(2,3)25-22(26)20-18(16-10-6-4-7-11-16)14-15-19(21(20)23(27)28)17-12-8-5-9-13-17/h4-15,18-21H,1-3H3,(H,25,26)(H,27,28). The van der Waals surface area contributed by atoms with Crippen molar-refractivity contribution in [2.45, 2.75) is 38.1 Å². The van der Waals surface area contributed by atoms with Gasteiger partial charge in [-0.15, -0.1) is 0 Å². The van der Waals surface area contributed by atoms with Gasteiger partial charge in [0.05, 0.1) is 11.8 Å². The van der Waals surface area contributed by atoms with Crippen molar-refractivity contribution in [2.75, 3.05) is 0 Å². The van der Waals surface area contributed by atoms with E-state index in [2.05, 4.69) is 5.32 Å². The number of nitrogens with one attached hydrogen (secondary N) is 1. The predicted octanol–water partition coefficient (Wildman–Crippen LogP) is 4.36. The fourth-order valence-electron chi connectivity index (χ4n) is 4.00. The van der Waals surface area contributed by atoms with Crippen LogP contribution in [0.3, 0.4) is 0 Å². The normalized spacial score (nSPS) is 24.5. The Balaban J connectivity index is 2.10. The van der Waals surface area contributed by atoms with E-state index in [0.717, 1.165) is 11.1 Å². The topological polar surface area (TPSA) is 66.4 Å². The number of carboxylic acids is 1. The Bertz CT molecular complexity index is 852. The van der Waals surface area contributed by atoms with Crippen molar-refractivity contribution in [1.82, 2.24) is 5.32 Å². The highest BCUT2D eigenvalue weighted by molar-refractivity contribution is 5.87. The third kappa shape index (κ3) is 4.33. The summed E-state index contributed by atoms with van der Waals surface area (Å²) >= 11 is 0. The van der Waals surface area contributed by atoms with Gasteiger partial charge in [-0.05, 0) is 31.9 Å². The van der Waals surface area contributed by atoms with Crippen LogP contribution in [0.1, 0.15) is 43.7 Å². The van der Waals surface area contributed by atoms with Gasteiger partial charge in [0.25, 0.3) is 0 Å². The molecule has 2 aromatic rings. The Kier molecular flexibility index (Phi) is 5.68. The van der Waals surface area contributed by atoms with Crippen molar-refractivity contribution < 1.29 is 14.7 Å². The number of benzene rings is 2. The molecule has 0 fully saturated rings. The van der Waals surface area contributed by atoms with Crippen LogP contribution in [0.4, 0.5) is 0 Å². The summed E-state index contributed by atoms with van der Waals surface area (Å²) in [6.07, 6.45) is 3.95. The lowest BCUT2D eigenvalue weighted by Gasteiger charge is -2.38. The molecule has 146 valence electrons. The molecule has 4 heteroatoms. The van der Waals surface area contributed by atoms with Crippen LogP contribution in [0.15, 0.2) is 72.8 Å². The van der Waals surface area contributed by atoms with E-state index in [1.54, 1.807) is 0 Å². The summed E-state index contributed by atoms with van der Waals surface area (Å²) in [5, 5.41) is 13.1. The molecule has 0 bridgehead atoms. The minimum atomic E-state index is -0.951. The molecule has 0 heterocycles. The minimum absolute atomic E-state index is 0.223. The number of rotatable bonds is 4. The quantitative estimate of drug-likeness (QED) is 0.778. The molecule has 0 aliphatic heterocycles. The fourth-order valence-corrected chi connectivity index (χ4v) is 4.00. The molecule has 2 N–H and O–H groups in total. The van der Waals surface area contributed by atoms with Gasteiger partial charge in [0, 0.05) is 17.4 Å². The second-order valence-corrected chi connectivity index (χ2v) is 8.39. The van der Waals surface area contributed by atoms with Gasteiger partial charge in [0.2, 0.25) is 5.91 Å². The van der Waals surface area contributed by atoms with Crippen LogP contribution >= 0.6 is 0 Å².